The molecule has 1 aliphatic rings. The minimum atomic E-state index is -5.08. The van der Waals surface area contributed by atoms with Gasteiger partial charge in [0.1, 0.15) is 35.5 Å². The fourth-order valence-electron chi connectivity index (χ4n) is 3.82. The molecule has 0 bridgehead atoms. The van der Waals surface area contributed by atoms with Gasteiger partial charge in [-0.2, -0.15) is 18.3 Å². The number of hydrogen-bond acceptors (Lipinski definition) is 7. The van der Waals surface area contributed by atoms with Crippen LogP contribution in [-0.2, 0) is 4.79 Å². The smallest absolute Gasteiger partial charge is 0.475 e. The molecule has 0 amide bonds. The molecule has 1 fully saturated rings. The Morgan fingerprint density at radius 2 is 1.73 bits per heavy atom. The number of alkyl halides is 4. The molecule has 0 saturated carbocycles. The van der Waals surface area contributed by atoms with E-state index in [1.54, 1.807) is 4.68 Å². The highest BCUT2D eigenvalue weighted by molar-refractivity contribution is 5.98. The molecule has 13 heteroatoms. The predicted octanol–water partition coefficient (Wildman–Crippen LogP) is 4.37. The number of fused-ring (bicyclic) bond motifs is 1. The van der Waals surface area contributed by atoms with Crippen molar-refractivity contribution in [3.05, 3.63) is 60.9 Å². The number of para-hydroxylation sites is 1. The van der Waals surface area contributed by atoms with Gasteiger partial charge >= 0.3 is 12.1 Å². The number of carboxylic acids is 1. The lowest BCUT2D eigenvalue weighted by molar-refractivity contribution is -0.192. The van der Waals surface area contributed by atoms with Gasteiger partial charge in [0.2, 0.25) is 0 Å². The zero-order chi connectivity index (χ0) is 26.6. The van der Waals surface area contributed by atoms with Crippen molar-refractivity contribution in [1.82, 2.24) is 25.1 Å². The summed E-state index contributed by atoms with van der Waals surface area (Å²) >= 11 is 0. The second-order valence-corrected chi connectivity index (χ2v) is 8.07. The highest BCUT2D eigenvalue weighted by atomic mass is 19.4. The van der Waals surface area contributed by atoms with Crippen molar-refractivity contribution in [3.63, 3.8) is 0 Å². The number of halogens is 4. The molecule has 4 aromatic rings. The molecule has 1 aliphatic heterocycles. The van der Waals surface area contributed by atoms with Crippen LogP contribution < -0.4 is 15.8 Å². The zero-order valence-electron chi connectivity index (χ0n) is 19.2. The number of nitrogens with one attached hydrogen (secondary N) is 1. The Bertz CT molecular complexity index is 1360. The average molecular weight is 518 g/mol. The maximum atomic E-state index is 14.6. The first-order valence-electron chi connectivity index (χ1n) is 11.1. The number of hydrogen-bond donors (Lipinski definition) is 3. The number of ether oxygens (including phenoxy) is 1. The van der Waals surface area contributed by atoms with E-state index >= 15 is 0 Å². The molecule has 3 heterocycles. The lowest BCUT2D eigenvalue weighted by Gasteiger charge is -2.27. The summed E-state index contributed by atoms with van der Waals surface area (Å²) in [6.45, 7) is 1.03. The van der Waals surface area contributed by atoms with E-state index in [2.05, 4.69) is 15.3 Å². The molecule has 1 saturated heterocycles. The Morgan fingerprint density at radius 3 is 2.35 bits per heavy atom. The summed E-state index contributed by atoms with van der Waals surface area (Å²) in [5, 5.41) is 15.6. The van der Waals surface area contributed by atoms with Crippen LogP contribution in [-0.4, -0.2) is 56.3 Å². The molecular formula is C24H22F4N6O3. The number of piperidine rings is 1. The van der Waals surface area contributed by atoms with Crippen LogP contribution in [0.1, 0.15) is 12.5 Å². The number of benzene rings is 2. The highest BCUT2D eigenvalue weighted by Crippen LogP contribution is 2.35. The molecule has 2 atom stereocenters. The Hall–Kier alpha value is -4.26. The zero-order valence-corrected chi connectivity index (χ0v) is 19.2. The van der Waals surface area contributed by atoms with Gasteiger partial charge in [-0.25, -0.2) is 23.8 Å². The van der Waals surface area contributed by atoms with Crippen molar-refractivity contribution >= 4 is 22.8 Å². The summed E-state index contributed by atoms with van der Waals surface area (Å²) in [6.07, 6.45) is -4.11. The van der Waals surface area contributed by atoms with Gasteiger partial charge in [0, 0.05) is 12.1 Å². The van der Waals surface area contributed by atoms with Crippen LogP contribution in [0, 0.1) is 0 Å². The summed E-state index contributed by atoms with van der Waals surface area (Å²) < 4.78 is 53.9. The molecule has 4 N–H and O–H groups in total. The maximum absolute atomic E-state index is 14.6. The summed E-state index contributed by atoms with van der Waals surface area (Å²) in [5.74, 6) is -0.958. The Labute approximate surface area is 207 Å². The number of nitrogen functional groups attached to an aromatic ring is 1. The van der Waals surface area contributed by atoms with Gasteiger partial charge < -0.3 is 20.9 Å². The van der Waals surface area contributed by atoms with Crippen LogP contribution >= 0.6 is 0 Å². The Morgan fingerprint density at radius 1 is 1.08 bits per heavy atom. The van der Waals surface area contributed by atoms with E-state index in [1.165, 1.54) is 6.33 Å². The number of nitrogens with two attached hydrogens (primary N) is 1. The van der Waals surface area contributed by atoms with Crippen LogP contribution in [0.15, 0.2) is 60.9 Å². The van der Waals surface area contributed by atoms with Gasteiger partial charge in [0.05, 0.1) is 11.4 Å². The molecule has 2 aromatic heterocycles. The number of aromatic nitrogens is 4. The van der Waals surface area contributed by atoms with Crippen LogP contribution in [0.5, 0.6) is 11.5 Å². The first kappa shape index (κ1) is 25.8. The molecule has 0 radical (unpaired) electrons. The number of nitrogens with zero attached hydrogens (tertiary/aromatic N) is 4. The lowest BCUT2D eigenvalue weighted by atomic mass is 10.1. The van der Waals surface area contributed by atoms with Gasteiger partial charge in [0.25, 0.3) is 0 Å². The number of carbonyl (C=O) groups is 1. The van der Waals surface area contributed by atoms with Gasteiger partial charge in [-0.05, 0) is 49.4 Å². The van der Waals surface area contributed by atoms with Crippen molar-refractivity contribution in [3.8, 4) is 22.8 Å². The maximum Gasteiger partial charge on any atom is 0.490 e. The largest absolute Gasteiger partial charge is 0.490 e. The first-order valence-corrected chi connectivity index (χ1v) is 11.1. The van der Waals surface area contributed by atoms with Crippen molar-refractivity contribution < 1.29 is 32.2 Å². The van der Waals surface area contributed by atoms with Crippen molar-refractivity contribution in [2.75, 3.05) is 18.8 Å². The molecule has 194 valence electrons. The van der Waals surface area contributed by atoms with Gasteiger partial charge in [-0.3, -0.25) is 0 Å². The van der Waals surface area contributed by atoms with Crippen LogP contribution in [0.25, 0.3) is 22.3 Å². The van der Waals surface area contributed by atoms with Crippen LogP contribution in [0.3, 0.4) is 0 Å². The van der Waals surface area contributed by atoms with Crippen molar-refractivity contribution in [2.24, 2.45) is 0 Å². The standard InChI is InChI=1S/C22H21FN6O.C2HF3O2/c23-17-12-25-11-10-18(17)29-22-19(21(24)26-13-27-22)20(28-29)14-6-8-16(9-7-14)30-15-4-2-1-3-5-15;3-2(4,5)1(6)7/h1-9,13,17-18,25H,10-12H2,(H2,24,26,27);(H,6,7)/t17-,18-;/m1./s1. The van der Waals surface area contributed by atoms with E-state index in [9.17, 15) is 17.6 Å². The predicted molar refractivity (Wildman–Crippen MR) is 127 cm³/mol. The third-order valence-electron chi connectivity index (χ3n) is 5.56. The molecule has 0 unspecified atom stereocenters. The summed E-state index contributed by atoms with van der Waals surface area (Å²) in [5.41, 5.74) is 8.20. The first-order chi connectivity index (χ1) is 17.6. The van der Waals surface area contributed by atoms with E-state index in [1.807, 2.05) is 54.6 Å². The topological polar surface area (TPSA) is 128 Å². The highest BCUT2D eigenvalue weighted by Gasteiger charge is 2.38. The average Bonchev–Trinajstić information content (AvgIpc) is 3.26. The molecule has 5 rings (SSSR count). The second-order valence-electron chi connectivity index (χ2n) is 8.07. The SMILES string of the molecule is Nc1ncnc2c1c(-c1ccc(Oc3ccccc3)cc1)nn2[C@@H]1CCNC[C@H]1F.O=C(O)C(F)(F)F. The van der Waals surface area contributed by atoms with Crippen molar-refractivity contribution in [2.45, 2.75) is 24.8 Å². The van der Waals surface area contributed by atoms with Crippen molar-refractivity contribution in [1.29, 1.82) is 0 Å². The minimum absolute atomic E-state index is 0.299. The molecule has 0 aliphatic carbocycles. The third-order valence-corrected chi connectivity index (χ3v) is 5.56. The van der Waals surface area contributed by atoms with E-state index in [0.29, 0.717) is 41.3 Å². The molecule has 37 heavy (non-hydrogen) atoms. The van der Waals surface area contributed by atoms with E-state index in [0.717, 1.165) is 17.9 Å². The monoisotopic (exact) mass is 518 g/mol. The Kier molecular flexibility index (Phi) is 7.53. The van der Waals surface area contributed by atoms with Gasteiger partial charge in [-0.15, -0.1) is 0 Å². The molecule has 9 nitrogen and oxygen atoms in total. The lowest BCUT2D eigenvalue weighted by Crippen LogP contribution is -2.39. The van der Waals surface area contributed by atoms with Gasteiger partial charge in [0.15, 0.2) is 5.65 Å². The normalized spacial score (nSPS) is 17.6. The van der Waals surface area contributed by atoms with Gasteiger partial charge in [-0.1, -0.05) is 18.2 Å². The minimum Gasteiger partial charge on any atom is -0.475 e. The number of carboxylic acid groups (broad SMARTS) is 1. The number of anilines is 1. The number of aliphatic carboxylic acids is 1. The summed E-state index contributed by atoms with van der Waals surface area (Å²) in [4.78, 5) is 17.4. The Balaban J connectivity index is 0.000000405. The fraction of sp³-hybridized carbons (Fsp3) is 0.250. The van der Waals surface area contributed by atoms with E-state index < -0.39 is 24.4 Å². The van der Waals surface area contributed by atoms with Crippen LogP contribution in [0.4, 0.5) is 23.4 Å². The fourth-order valence-corrected chi connectivity index (χ4v) is 3.82. The second kappa shape index (κ2) is 10.8. The van der Waals surface area contributed by atoms with E-state index in [4.69, 9.17) is 25.5 Å². The summed E-state index contributed by atoms with van der Waals surface area (Å²) in [6, 6.07) is 16.7. The molecular weight excluding hydrogens is 496 g/mol. The summed E-state index contributed by atoms with van der Waals surface area (Å²) in [7, 11) is 0. The molecule has 2 aromatic carbocycles. The third kappa shape index (κ3) is 5.94. The molecule has 0 spiro atoms. The quantitative estimate of drug-likeness (QED) is 0.340. The van der Waals surface area contributed by atoms with E-state index in [-0.39, 0.29) is 0 Å². The van der Waals surface area contributed by atoms with Crippen LogP contribution in [0.2, 0.25) is 0 Å². The number of rotatable bonds is 4.